The van der Waals surface area contributed by atoms with Gasteiger partial charge >= 0.3 is 0 Å². The number of anilines is 2. The predicted molar refractivity (Wildman–Crippen MR) is 44.0 cm³/mol. The van der Waals surface area contributed by atoms with Crippen LogP contribution >= 0.6 is 0 Å². The van der Waals surface area contributed by atoms with Gasteiger partial charge in [-0.25, -0.2) is 9.97 Å². The Bertz CT molecular complexity index is 425. The van der Waals surface area contributed by atoms with E-state index in [4.69, 9.17) is 11.5 Å². The molecule has 60 valence electrons. The van der Waals surface area contributed by atoms with E-state index in [-0.39, 0.29) is 5.95 Å². The number of fused-ring (bicyclic) bond motifs is 1. The molecule has 2 heterocycles. The smallest absolute Gasteiger partial charge is 0.224 e. The number of nitrogen functional groups attached to an aromatic ring is 2. The molecule has 6 heteroatoms. The van der Waals surface area contributed by atoms with Crippen molar-refractivity contribution in [1.29, 1.82) is 0 Å². The van der Waals surface area contributed by atoms with Crippen LogP contribution in [-0.2, 0) is 0 Å². The Morgan fingerprint density at radius 1 is 1.17 bits per heavy atom. The van der Waals surface area contributed by atoms with Gasteiger partial charge in [-0.1, -0.05) is 0 Å². The molecule has 0 aliphatic heterocycles. The van der Waals surface area contributed by atoms with Gasteiger partial charge in [-0.05, 0) is 0 Å². The van der Waals surface area contributed by atoms with Gasteiger partial charge in [0.1, 0.15) is 12.1 Å². The van der Waals surface area contributed by atoms with E-state index in [0.29, 0.717) is 16.9 Å². The molecule has 6 nitrogen and oxygen atoms in total. The fraction of sp³-hybridized carbons (Fsp3) is 0. The molecule has 0 bridgehead atoms. The minimum absolute atomic E-state index is 0.124. The van der Waals surface area contributed by atoms with Crippen LogP contribution in [0.2, 0.25) is 0 Å². The van der Waals surface area contributed by atoms with Gasteiger partial charge < -0.3 is 11.5 Å². The second-order valence-corrected chi connectivity index (χ2v) is 2.23. The lowest BCUT2D eigenvalue weighted by molar-refractivity contribution is 1.15. The number of hydrogen-bond acceptors (Lipinski definition) is 6. The second kappa shape index (κ2) is 2.26. The molecule has 0 amide bonds. The zero-order valence-corrected chi connectivity index (χ0v) is 6.10. The van der Waals surface area contributed by atoms with Crippen molar-refractivity contribution in [2.45, 2.75) is 0 Å². The van der Waals surface area contributed by atoms with Crippen LogP contribution in [0, 0.1) is 0 Å². The molecular formula is C6H6N6. The van der Waals surface area contributed by atoms with E-state index in [2.05, 4.69) is 19.9 Å². The van der Waals surface area contributed by atoms with Gasteiger partial charge in [0.2, 0.25) is 5.95 Å². The number of nitrogens with zero attached hydrogens (tertiary/aromatic N) is 4. The first-order valence-electron chi connectivity index (χ1n) is 3.26. The Labute approximate surface area is 67.7 Å². The van der Waals surface area contributed by atoms with E-state index in [1.807, 2.05) is 0 Å². The molecule has 2 rings (SSSR count). The quantitative estimate of drug-likeness (QED) is 0.545. The third-order valence-electron chi connectivity index (χ3n) is 1.42. The topological polar surface area (TPSA) is 104 Å². The first-order chi connectivity index (χ1) is 5.77. The lowest BCUT2D eigenvalue weighted by Crippen LogP contribution is -2.01. The summed E-state index contributed by atoms with van der Waals surface area (Å²) in [4.78, 5) is 15.3. The Kier molecular flexibility index (Phi) is 1.26. The summed E-state index contributed by atoms with van der Waals surface area (Å²) >= 11 is 0. The van der Waals surface area contributed by atoms with E-state index in [9.17, 15) is 0 Å². The summed E-state index contributed by atoms with van der Waals surface area (Å²) in [5.74, 6) is 0.428. The molecule has 2 aromatic rings. The summed E-state index contributed by atoms with van der Waals surface area (Å²) in [6.07, 6.45) is 2.94. The van der Waals surface area contributed by atoms with Gasteiger partial charge in [-0.15, -0.1) is 0 Å². The molecule has 0 radical (unpaired) electrons. The Hall–Kier alpha value is -1.98. The van der Waals surface area contributed by atoms with Gasteiger partial charge in [0.15, 0.2) is 5.65 Å². The van der Waals surface area contributed by atoms with Gasteiger partial charge in [-0.3, -0.25) is 0 Å². The summed E-state index contributed by atoms with van der Waals surface area (Å²) in [6, 6.07) is 0. The molecule has 0 spiro atoms. The Morgan fingerprint density at radius 3 is 2.83 bits per heavy atom. The van der Waals surface area contributed by atoms with Crippen LogP contribution in [0.4, 0.5) is 11.8 Å². The van der Waals surface area contributed by atoms with Gasteiger partial charge in [0.25, 0.3) is 0 Å². The molecule has 0 aromatic carbocycles. The Morgan fingerprint density at radius 2 is 2.00 bits per heavy atom. The van der Waals surface area contributed by atoms with E-state index >= 15 is 0 Å². The van der Waals surface area contributed by atoms with E-state index < -0.39 is 0 Å². The second-order valence-electron chi connectivity index (χ2n) is 2.23. The summed E-state index contributed by atoms with van der Waals surface area (Å²) in [5.41, 5.74) is 11.4. The number of hydrogen-bond donors (Lipinski definition) is 2. The summed E-state index contributed by atoms with van der Waals surface area (Å²) < 4.78 is 0. The lowest BCUT2D eigenvalue weighted by Gasteiger charge is -1.98. The van der Waals surface area contributed by atoms with Crippen molar-refractivity contribution in [3.05, 3.63) is 12.5 Å². The molecule has 0 unspecified atom stereocenters. The predicted octanol–water partition coefficient (Wildman–Crippen LogP) is -0.416. The van der Waals surface area contributed by atoms with Crippen LogP contribution in [0.5, 0.6) is 0 Å². The molecular weight excluding hydrogens is 156 g/mol. The highest BCUT2D eigenvalue weighted by molar-refractivity contribution is 5.84. The van der Waals surface area contributed by atoms with Crippen LogP contribution in [0.1, 0.15) is 0 Å². The molecule has 12 heavy (non-hydrogen) atoms. The summed E-state index contributed by atoms with van der Waals surface area (Å²) in [5, 5.41) is 0.617. The van der Waals surface area contributed by atoms with E-state index in [0.717, 1.165) is 0 Å². The monoisotopic (exact) mass is 162 g/mol. The molecule has 0 aliphatic rings. The number of rotatable bonds is 0. The molecule has 2 aromatic heterocycles. The molecule has 0 saturated carbocycles. The standard InChI is InChI=1S/C6H6N6/c7-4-3-1-9-2-10-5(3)12-6(8)11-4/h1-2H,(H4,7,8,9,10,11,12). The summed E-state index contributed by atoms with van der Waals surface area (Å²) in [6.45, 7) is 0. The first-order valence-corrected chi connectivity index (χ1v) is 3.26. The van der Waals surface area contributed by atoms with Crippen molar-refractivity contribution in [2.24, 2.45) is 0 Å². The van der Waals surface area contributed by atoms with Crippen molar-refractivity contribution >= 4 is 22.8 Å². The fourth-order valence-corrected chi connectivity index (χ4v) is 0.910. The van der Waals surface area contributed by atoms with Crippen LogP contribution < -0.4 is 11.5 Å². The van der Waals surface area contributed by atoms with E-state index in [1.54, 1.807) is 6.20 Å². The zero-order chi connectivity index (χ0) is 8.55. The van der Waals surface area contributed by atoms with Gasteiger partial charge in [0.05, 0.1) is 5.39 Å². The molecule has 4 N–H and O–H groups in total. The van der Waals surface area contributed by atoms with Crippen molar-refractivity contribution in [3.63, 3.8) is 0 Å². The third kappa shape index (κ3) is 0.895. The zero-order valence-electron chi connectivity index (χ0n) is 6.10. The van der Waals surface area contributed by atoms with Gasteiger partial charge in [0, 0.05) is 6.20 Å². The van der Waals surface area contributed by atoms with Crippen LogP contribution in [0.25, 0.3) is 11.0 Å². The SMILES string of the molecule is Nc1nc(N)c2cncnc2n1. The fourth-order valence-electron chi connectivity index (χ4n) is 0.910. The van der Waals surface area contributed by atoms with E-state index in [1.165, 1.54) is 6.33 Å². The van der Waals surface area contributed by atoms with Gasteiger partial charge in [-0.2, -0.15) is 9.97 Å². The number of nitrogens with two attached hydrogens (primary N) is 2. The van der Waals surface area contributed by atoms with Crippen LogP contribution in [0.3, 0.4) is 0 Å². The largest absolute Gasteiger partial charge is 0.383 e. The minimum Gasteiger partial charge on any atom is -0.383 e. The van der Waals surface area contributed by atoms with Crippen molar-refractivity contribution in [3.8, 4) is 0 Å². The van der Waals surface area contributed by atoms with Crippen molar-refractivity contribution < 1.29 is 0 Å². The average molecular weight is 162 g/mol. The molecule has 0 fully saturated rings. The highest BCUT2D eigenvalue weighted by Gasteiger charge is 2.02. The van der Waals surface area contributed by atoms with Crippen LogP contribution in [0.15, 0.2) is 12.5 Å². The molecule has 0 atom stereocenters. The molecule has 0 saturated heterocycles. The van der Waals surface area contributed by atoms with Crippen molar-refractivity contribution in [2.75, 3.05) is 11.5 Å². The summed E-state index contributed by atoms with van der Waals surface area (Å²) in [7, 11) is 0. The third-order valence-corrected chi connectivity index (χ3v) is 1.42. The maximum atomic E-state index is 5.55. The first kappa shape index (κ1) is 6.71. The highest BCUT2D eigenvalue weighted by Crippen LogP contribution is 2.13. The van der Waals surface area contributed by atoms with Crippen molar-refractivity contribution in [1.82, 2.24) is 19.9 Å². The Balaban J connectivity index is 2.89. The highest BCUT2D eigenvalue weighted by atomic mass is 15.1. The maximum absolute atomic E-state index is 5.55. The normalized spacial score (nSPS) is 10.3. The average Bonchev–Trinajstić information content (AvgIpc) is 2.04. The molecule has 0 aliphatic carbocycles. The number of aromatic nitrogens is 4. The van der Waals surface area contributed by atoms with Crippen LogP contribution in [-0.4, -0.2) is 19.9 Å². The minimum atomic E-state index is 0.124. The maximum Gasteiger partial charge on any atom is 0.224 e. The lowest BCUT2D eigenvalue weighted by atomic mass is 10.4.